The highest BCUT2D eigenvalue weighted by Crippen LogP contribution is 2.74. The van der Waals surface area contributed by atoms with E-state index in [1.54, 1.807) is 6.92 Å². The van der Waals surface area contributed by atoms with Gasteiger partial charge in [0.25, 0.3) is 0 Å². The number of fused-ring (bicyclic) bond motifs is 5. The van der Waals surface area contributed by atoms with Crippen molar-refractivity contribution in [1.82, 2.24) is 0 Å². The van der Waals surface area contributed by atoms with Gasteiger partial charge in [0.2, 0.25) is 0 Å². The Kier molecular flexibility index (Phi) is 10.2. The first-order valence-corrected chi connectivity index (χ1v) is 18.6. The summed E-state index contributed by atoms with van der Waals surface area (Å²) in [6, 6.07) is 0. The van der Waals surface area contributed by atoms with Gasteiger partial charge in [0.1, 0.15) is 17.5 Å². The van der Waals surface area contributed by atoms with Crippen molar-refractivity contribution < 1.29 is 53.4 Å². The minimum atomic E-state index is -2.06. The lowest BCUT2D eigenvalue weighted by molar-refractivity contribution is -0.292. The van der Waals surface area contributed by atoms with Crippen LogP contribution in [0.4, 0.5) is 0 Å². The lowest BCUT2D eigenvalue weighted by Crippen LogP contribution is -2.65. The minimum Gasteiger partial charge on any atom is -0.458 e. The van der Waals surface area contributed by atoms with Crippen molar-refractivity contribution in [1.29, 1.82) is 0 Å². The van der Waals surface area contributed by atoms with Crippen LogP contribution in [0.2, 0.25) is 0 Å². The van der Waals surface area contributed by atoms with Crippen molar-refractivity contribution in [3.63, 3.8) is 0 Å². The molecule has 5 aliphatic rings. The fraction of sp³-hybridized carbons (Fsp3) is 0.800. The number of aliphatic hydroxyl groups is 3. The van der Waals surface area contributed by atoms with E-state index < -0.39 is 93.3 Å². The van der Waals surface area contributed by atoms with Crippen molar-refractivity contribution in [2.75, 3.05) is 0 Å². The van der Waals surface area contributed by atoms with E-state index in [0.717, 1.165) is 5.57 Å². The normalized spacial score (nSPS) is 43.3. The highest BCUT2D eigenvalue weighted by atomic mass is 16.7. The molecule has 4 aliphatic carbocycles. The van der Waals surface area contributed by atoms with E-state index in [1.807, 2.05) is 20.8 Å². The Hall–Kier alpha value is -2.44. The molecule has 13 atom stereocenters. The second kappa shape index (κ2) is 13.1. The molecule has 4 fully saturated rings. The van der Waals surface area contributed by atoms with Gasteiger partial charge in [-0.25, -0.2) is 0 Å². The molecule has 286 valence electrons. The topological polar surface area (TPSA) is 166 Å². The van der Waals surface area contributed by atoms with Gasteiger partial charge in [-0.1, -0.05) is 52.3 Å². The first-order valence-electron chi connectivity index (χ1n) is 18.6. The van der Waals surface area contributed by atoms with Gasteiger partial charge in [-0.05, 0) is 82.1 Å². The molecule has 11 heteroatoms. The highest BCUT2D eigenvalue weighted by molar-refractivity contribution is 5.97. The molecule has 0 spiro atoms. The van der Waals surface area contributed by atoms with Gasteiger partial charge in [-0.2, -0.15) is 0 Å². The first kappa shape index (κ1) is 39.8. The van der Waals surface area contributed by atoms with Crippen LogP contribution in [0.1, 0.15) is 115 Å². The van der Waals surface area contributed by atoms with Crippen LogP contribution in [0.5, 0.6) is 0 Å². The number of esters is 2. The number of carbonyl (C=O) groups is 4. The molecule has 0 amide bonds. The standard InChI is InChI=1S/C40H60O11/c1-21-18-26(49-22(2)41)32(50-23(3)42)34(48-21)51-27-19-37(8)28-14-12-24-25(13-15-29(43)36(24,6)7)39(28,10)31(45)20-38(37,9)33(27)40(11,47)30(44)16-17-35(4,5)46/h12,16-17,21,25-29,32-34,43,46-47H,13-15,18-20H2,1-11H3/b17-16+/t21-,25+,26-,27+,28-,29+,32-,33-,34-,37-,38+,39-,40-/m0/s1. The average Bonchev–Trinajstić information content (AvgIpc) is 3.21. The molecule has 5 rings (SSSR count). The third kappa shape index (κ3) is 6.57. The summed E-state index contributed by atoms with van der Waals surface area (Å²) in [4.78, 5) is 53.4. The zero-order valence-corrected chi connectivity index (χ0v) is 32.3. The summed E-state index contributed by atoms with van der Waals surface area (Å²) in [6.45, 7) is 19.1. The van der Waals surface area contributed by atoms with Crippen LogP contribution in [0, 0.1) is 39.4 Å². The smallest absolute Gasteiger partial charge is 0.303 e. The Morgan fingerprint density at radius 3 is 2.18 bits per heavy atom. The van der Waals surface area contributed by atoms with Crippen molar-refractivity contribution >= 4 is 23.5 Å². The number of ketones is 2. The molecule has 0 aromatic carbocycles. The summed E-state index contributed by atoms with van der Waals surface area (Å²) < 4.78 is 24.4. The van der Waals surface area contributed by atoms with Crippen LogP contribution >= 0.6 is 0 Å². The molecular formula is C40H60O11. The quantitative estimate of drug-likeness (QED) is 0.180. The molecule has 0 unspecified atom stereocenters. The first-order chi connectivity index (χ1) is 23.3. The van der Waals surface area contributed by atoms with Crippen LogP contribution in [0.3, 0.4) is 0 Å². The number of Topliss-reactive ketones (excluding diaryl/α,β-unsaturated/α-hetero) is 1. The van der Waals surface area contributed by atoms with Gasteiger partial charge >= 0.3 is 11.9 Å². The van der Waals surface area contributed by atoms with E-state index in [9.17, 15) is 34.5 Å². The summed E-state index contributed by atoms with van der Waals surface area (Å²) in [5.41, 5.74) is -5.11. The molecule has 1 aliphatic heterocycles. The molecule has 0 radical (unpaired) electrons. The molecular weight excluding hydrogens is 656 g/mol. The second-order valence-electron chi connectivity index (χ2n) is 18.2. The Bertz CT molecular complexity index is 1490. The summed E-state index contributed by atoms with van der Waals surface area (Å²) in [5.74, 6) is -2.95. The molecule has 1 saturated heterocycles. The number of aliphatic hydroxyl groups excluding tert-OH is 1. The maximum atomic E-state index is 14.9. The predicted octanol–water partition coefficient (Wildman–Crippen LogP) is 4.77. The third-order valence-corrected chi connectivity index (χ3v) is 13.8. The van der Waals surface area contributed by atoms with Crippen LogP contribution in [0.25, 0.3) is 0 Å². The van der Waals surface area contributed by atoms with Gasteiger partial charge in [-0.15, -0.1) is 0 Å². The zero-order chi connectivity index (χ0) is 38.3. The van der Waals surface area contributed by atoms with Gasteiger partial charge in [0.05, 0.1) is 23.9 Å². The number of hydrogen-bond acceptors (Lipinski definition) is 11. The van der Waals surface area contributed by atoms with E-state index in [4.69, 9.17) is 18.9 Å². The van der Waals surface area contributed by atoms with Crippen molar-refractivity contribution in [3.8, 4) is 0 Å². The fourth-order valence-corrected chi connectivity index (χ4v) is 11.1. The molecule has 1 heterocycles. The lowest BCUT2D eigenvalue weighted by atomic mass is 9.38. The molecule has 0 aromatic rings. The average molecular weight is 717 g/mol. The summed E-state index contributed by atoms with van der Waals surface area (Å²) in [6.07, 6.45) is 2.25. The summed E-state index contributed by atoms with van der Waals surface area (Å²) in [5, 5.41) is 33.8. The molecule has 11 nitrogen and oxygen atoms in total. The second-order valence-corrected chi connectivity index (χ2v) is 18.2. The molecule has 3 saturated carbocycles. The van der Waals surface area contributed by atoms with Gasteiger partial charge in [0.15, 0.2) is 18.2 Å². The zero-order valence-electron chi connectivity index (χ0n) is 32.3. The SMILES string of the molecule is CC(=O)O[C@@H]1[C@H](O[C@@H]2C[C@@]3(C)[C@@H]4CC=C5[C@@H](CC[C@@H](O)C5(C)C)[C@]4(C)C(=O)C[C@]3(C)[C@H]2[C@@](C)(O)C(=O)/C=C/C(C)(C)O)O[C@@H](C)C[C@@H]1OC(C)=O. The Labute approximate surface area is 302 Å². The third-order valence-electron chi connectivity index (χ3n) is 13.8. The number of rotatable bonds is 8. The van der Waals surface area contributed by atoms with Crippen molar-refractivity contribution in [2.24, 2.45) is 39.4 Å². The molecule has 0 bridgehead atoms. The fourth-order valence-electron chi connectivity index (χ4n) is 11.1. The number of ether oxygens (including phenoxy) is 4. The van der Waals surface area contributed by atoms with E-state index in [1.165, 1.54) is 46.8 Å². The van der Waals surface area contributed by atoms with Crippen molar-refractivity contribution in [2.45, 2.75) is 163 Å². The van der Waals surface area contributed by atoms with Crippen LogP contribution < -0.4 is 0 Å². The number of hydrogen-bond donors (Lipinski definition) is 3. The maximum Gasteiger partial charge on any atom is 0.303 e. The monoisotopic (exact) mass is 716 g/mol. The minimum absolute atomic E-state index is 0.0615. The summed E-state index contributed by atoms with van der Waals surface area (Å²) in [7, 11) is 0. The van der Waals surface area contributed by atoms with E-state index in [2.05, 4.69) is 19.9 Å². The lowest BCUT2D eigenvalue weighted by Gasteiger charge is -2.64. The Balaban J connectivity index is 1.63. The van der Waals surface area contributed by atoms with E-state index >= 15 is 0 Å². The molecule has 51 heavy (non-hydrogen) atoms. The van der Waals surface area contributed by atoms with Crippen LogP contribution in [-0.2, 0) is 38.1 Å². The largest absolute Gasteiger partial charge is 0.458 e. The van der Waals surface area contributed by atoms with E-state index in [0.29, 0.717) is 25.7 Å². The summed E-state index contributed by atoms with van der Waals surface area (Å²) >= 11 is 0. The predicted molar refractivity (Wildman–Crippen MR) is 187 cm³/mol. The van der Waals surface area contributed by atoms with Crippen LogP contribution in [-0.4, -0.2) is 86.8 Å². The van der Waals surface area contributed by atoms with Crippen molar-refractivity contribution in [3.05, 3.63) is 23.8 Å². The van der Waals surface area contributed by atoms with Gasteiger partial charge in [-0.3, -0.25) is 19.2 Å². The molecule has 0 aromatic heterocycles. The Morgan fingerprint density at radius 1 is 0.961 bits per heavy atom. The van der Waals surface area contributed by atoms with Crippen LogP contribution in [0.15, 0.2) is 23.8 Å². The Morgan fingerprint density at radius 2 is 1.59 bits per heavy atom. The number of carbonyl (C=O) groups excluding carboxylic acids is 4. The van der Waals surface area contributed by atoms with E-state index in [-0.39, 0.29) is 30.5 Å². The maximum absolute atomic E-state index is 14.9. The highest BCUT2D eigenvalue weighted by Gasteiger charge is 2.75. The number of allylic oxidation sites excluding steroid dienone is 1. The molecule has 3 N–H and O–H groups in total. The van der Waals surface area contributed by atoms with Gasteiger partial charge in [0, 0.05) is 43.4 Å². The van der Waals surface area contributed by atoms with Gasteiger partial charge < -0.3 is 34.3 Å².